The van der Waals surface area contributed by atoms with Gasteiger partial charge in [0.15, 0.2) is 0 Å². The molecular formula is C12H13NO5. The van der Waals surface area contributed by atoms with Gasteiger partial charge in [0.2, 0.25) is 0 Å². The van der Waals surface area contributed by atoms with Crippen molar-refractivity contribution in [1.29, 1.82) is 0 Å². The van der Waals surface area contributed by atoms with Crippen LogP contribution < -0.4 is 14.8 Å². The summed E-state index contributed by atoms with van der Waals surface area (Å²) in [6.45, 7) is 1.85. The highest BCUT2D eigenvalue weighted by Crippen LogP contribution is 2.33. The number of carbonyl (C=O) groups is 2. The predicted molar refractivity (Wildman–Crippen MR) is 62.7 cm³/mol. The van der Waals surface area contributed by atoms with Crippen LogP contribution in [0.4, 0.5) is 5.69 Å². The van der Waals surface area contributed by atoms with E-state index >= 15 is 0 Å². The number of fused-ring (bicyclic) bond motifs is 1. The van der Waals surface area contributed by atoms with Crippen molar-refractivity contribution in [3.05, 3.63) is 18.2 Å². The van der Waals surface area contributed by atoms with E-state index in [1.807, 2.05) is 0 Å². The van der Waals surface area contributed by atoms with Crippen molar-refractivity contribution in [2.75, 3.05) is 19.0 Å². The highest BCUT2D eigenvalue weighted by atomic mass is 16.6. The van der Waals surface area contributed by atoms with Crippen LogP contribution in [-0.4, -0.2) is 31.7 Å². The molecule has 0 aliphatic carbocycles. The maximum Gasteiger partial charge on any atom is 0.357 e. The first-order valence-electron chi connectivity index (χ1n) is 5.48. The third-order valence-corrected chi connectivity index (χ3v) is 2.43. The smallest absolute Gasteiger partial charge is 0.357 e. The zero-order valence-corrected chi connectivity index (χ0v) is 10.1. The molecule has 1 amide bonds. The van der Waals surface area contributed by atoms with Gasteiger partial charge in [-0.05, 0) is 19.1 Å². The summed E-state index contributed by atoms with van der Waals surface area (Å²) in [7, 11) is 1.52. The number of methoxy groups -OCH3 is 1. The van der Waals surface area contributed by atoms with E-state index in [2.05, 4.69) is 5.32 Å². The molecule has 0 aromatic heterocycles. The second-order valence-corrected chi connectivity index (χ2v) is 3.60. The third kappa shape index (κ3) is 2.22. The number of benzene rings is 1. The van der Waals surface area contributed by atoms with Crippen LogP contribution in [0.1, 0.15) is 6.92 Å². The van der Waals surface area contributed by atoms with Crippen molar-refractivity contribution in [2.45, 2.75) is 13.0 Å². The summed E-state index contributed by atoms with van der Waals surface area (Å²) in [5.41, 5.74) is 0.501. The average molecular weight is 251 g/mol. The highest BCUT2D eigenvalue weighted by molar-refractivity contribution is 6.09. The van der Waals surface area contributed by atoms with Crippen LogP contribution in [0.15, 0.2) is 18.2 Å². The number of carbonyl (C=O) groups excluding carboxylic acids is 2. The van der Waals surface area contributed by atoms with Gasteiger partial charge in [-0.2, -0.15) is 0 Å². The van der Waals surface area contributed by atoms with Gasteiger partial charge in [0, 0.05) is 6.07 Å². The zero-order chi connectivity index (χ0) is 13.1. The Balaban J connectivity index is 2.25. The van der Waals surface area contributed by atoms with Gasteiger partial charge in [-0.1, -0.05) is 0 Å². The first-order chi connectivity index (χ1) is 8.65. The molecule has 1 N–H and O–H groups in total. The van der Waals surface area contributed by atoms with Gasteiger partial charge in [0.1, 0.15) is 11.5 Å². The molecule has 18 heavy (non-hydrogen) atoms. The number of rotatable bonds is 3. The largest absolute Gasteiger partial charge is 0.497 e. The van der Waals surface area contributed by atoms with E-state index in [-0.39, 0.29) is 6.61 Å². The lowest BCUT2D eigenvalue weighted by Crippen LogP contribution is -2.43. The van der Waals surface area contributed by atoms with E-state index in [9.17, 15) is 9.59 Å². The maximum absolute atomic E-state index is 11.7. The molecule has 0 spiro atoms. The van der Waals surface area contributed by atoms with Gasteiger partial charge in [0.05, 0.1) is 19.4 Å². The van der Waals surface area contributed by atoms with E-state index in [0.717, 1.165) is 0 Å². The molecule has 1 aromatic rings. The normalized spacial score (nSPS) is 17.2. The Kier molecular flexibility index (Phi) is 3.36. The zero-order valence-electron chi connectivity index (χ0n) is 10.1. The molecule has 1 atom stereocenters. The summed E-state index contributed by atoms with van der Waals surface area (Å²) in [6.07, 6.45) is -1.27. The number of hydrogen-bond donors (Lipinski definition) is 1. The van der Waals surface area contributed by atoms with Gasteiger partial charge in [0.25, 0.3) is 12.0 Å². The molecule has 0 bridgehead atoms. The van der Waals surface area contributed by atoms with Gasteiger partial charge in [-0.15, -0.1) is 0 Å². The Labute approximate surface area is 104 Å². The molecule has 0 radical (unpaired) electrons. The Morgan fingerprint density at radius 1 is 1.50 bits per heavy atom. The van der Waals surface area contributed by atoms with E-state index in [4.69, 9.17) is 14.2 Å². The second kappa shape index (κ2) is 4.95. The van der Waals surface area contributed by atoms with Gasteiger partial charge >= 0.3 is 5.97 Å². The SMILES string of the molecule is CCOC(=O)C1Oc2cc(OC)ccc2NC1=O. The van der Waals surface area contributed by atoms with E-state index < -0.39 is 18.0 Å². The standard InChI is InChI=1S/C12H13NO5/c1-3-17-12(15)10-11(14)13-8-5-4-7(16-2)6-9(8)18-10/h4-6,10H,3H2,1-2H3,(H,13,14). The number of amides is 1. The molecule has 96 valence electrons. The number of anilines is 1. The highest BCUT2D eigenvalue weighted by Gasteiger charge is 2.35. The number of hydrogen-bond acceptors (Lipinski definition) is 5. The first kappa shape index (κ1) is 12.2. The number of nitrogens with one attached hydrogen (secondary N) is 1. The Hall–Kier alpha value is -2.24. The molecule has 1 aliphatic rings. The molecule has 0 saturated carbocycles. The van der Waals surface area contributed by atoms with Crippen molar-refractivity contribution in [2.24, 2.45) is 0 Å². The van der Waals surface area contributed by atoms with Gasteiger partial charge in [-0.3, -0.25) is 4.79 Å². The molecule has 0 fully saturated rings. The lowest BCUT2D eigenvalue weighted by molar-refractivity contribution is -0.155. The summed E-state index contributed by atoms with van der Waals surface area (Å²) in [4.78, 5) is 23.2. The Morgan fingerprint density at radius 3 is 2.94 bits per heavy atom. The van der Waals surface area contributed by atoms with Crippen LogP contribution in [0.2, 0.25) is 0 Å². The van der Waals surface area contributed by atoms with E-state index in [0.29, 0.717) is 17.2 Å². The summed E-state index contributed by atoms with van der Waals surface area (Å²) >= 11 is 0. The Morgan fingerprint density at radius 2 is 2.28 bits per heavy atom. The second-order valence-electron chi connectivity index (χ2n) is 3.60. The molecule has 1 heterocycles. The van der Waals surface area contributed by atoms with Crippen molar-refractivity contribution >= 4 is 17.6 Å². The summed E-state index contributed by atoms with van der Waals surface area (Å²) in [5, 5.41) is 2.58. The van der Waals surface area contributed by atoms with Crippen molar-refractivity contribution in [3.8, 4) is 11.5 Å². The van der Waals surface area contributed by atoms with Crippen molar-refractivity contribution < 1.29 is 23.8 Å². The molecular weight excluding hydrogens is 238 g/mol. The lowest BCUT2D eigenvalue weighted by atomic mass is 10.2. The molecule has 1 aliphatic heterocycles. The van der Waals surface area contributed by atoms with E-state index in [1.54, 1.807) is 25.1 Å². The van der Waals surface area contributed by atoms with Crippen LogP contribution in [0.5, 0.6) is 11.5 Å². The minimum atomic E-state index is -1.27. The maximum atomic E-state index is 11.7. The predicted octanol–water partition coefficient (Wildman–Crippen LogP) is 0.958. The number of ether oxygens (including phenoxy) is 3. The van der Waals surface area contributed by atoms with Crippen molar-refractivity contribution in [3.63, 3.8) is 0 Å². The molecule has 0 saturated heterocycles. The lowest BCUT2D eigenvalue weighted by Gasteiger charge is -2.24. The van der Waals surface area contributed by atoms with Crippen LogP contribution in [0.25, 0.3) is 0 Å². The minimum absolute atomic E-state index is 0.191. The first-order valence-corrected chi connectivity index (χ1v) is 5.48. The Bertz CT molecular complexity index is 485. The van der Waals surface area contributed by atoms with Crippen LogP contribution >= 0.6 is 0 Å². The van der Waals surface area contributed by atoms with Crippen LogP contribution in [0.3, 0.4) is 0 Å². The topological polar surface area (TPSA) is 73.9 Å². The van der Waals surface area contributed by atoms with Crippen molar-refractivity contribution in [1.82, 2.24) is 0 Å². The monoisotopic (exact) mass is 251 g/mol. The van der Waals surface area contributed by atoms with Crippen LogP contribution in [0, 0.1) is 0 Å². The van der Waals surface area contributed by atoms with Crippen LogP contribution in [-0.2, 0) is 14.3 Å². The summed E-state index contributed by atoms with van der Waals surface area (Å²) in [5.74, 6) is -0.283. The average Bonchev–Trinajstić information content (AvgIpc) is 2.37. The van der Waals surface area contributed by atoms with Gasteiger partial charge < -0.3 is 19.5 Å². The van der Waals surface area contributed by atoms with Gasteiger partial charge in [-0.25, -0.2) is 4.79 Å². The fourth-order valence-corrected chi connectivity index (χ4v) is 1.58. The molecule has 2 rings (SSSR count). The summed E-state index contributed by atoms with van der Waals surface area (Å²) in [6, 6.07) is 4.93. The number of esters is 1. The molecule has 1 aromatic carbocycles. The fourth-order valence-electron chi connectivity index (χ4n) is 1.58. The molecule has 6 nitrogen and oxygen atoms in total. The fraction of sp³-hybridized carbons (Fsp3) is 0.333. The molecule has 1 unspecified atom stereocenters. The summed E-state index contributed by atoms with van der Waals surface area (Å²) < 4.78 is 15.1. The van der Waals surface area contributed by atoms with E-state index in [1.165, 1.54) is 7.11 Å². The molecule has 6 heteroatoms. The third-order valence-electron chi connectivity index (χ3n) is 2.43. The minimum Gasteiger partial charge on any atom is -0.497 e. The quantitative estimate of drug-likeness (QED) is 0.639.